The van der Waals surface area contributed by atoms with Crippen LogP contribution in [-0.2, 0) is 16.1 Å². The molecule has 4 amide bonds. The third-order valence-corrected chi connectivity index (χ3v) is 7.74. The molecule has 42 heavy (non-hydrogen) atoms. The summed E-state index contributed by atoms with van der Waals surface area (Å²) in [5, 5.41) is 8.70. The molecule has 0 unspecified atom stereocenters. The van der Waals surface area contributed by atoms with Crippen LogP contribution >= 0.6 is 0 Å². The quantitative estimate of drug-likeness (QED) is 0.378. The van der Waals surface area contributed by atoms with Crippen molar-refractivity contribution >= 4 is 34.7 Å². The van der Waals surface area contributed by atoms with Crippen LogP contribution in [0.5, 0.6) is 0 Å². The molecular weight excluding hydrogens is 536 g/mol. The first-order valence-corrected chi connectivity index (χ1v) is 14.7. The lowest BCUT2D eigenvalue weighted by molar-refractivity contribution is -0.130. The zero-order valence-electron chi connectivity index (χ0n) is 24.3. The summed E-state index contributed by atoms with van der Waals surface area (Å²) in [5.41, 5.74) is 1.91. The highest BCUT2D eigenvalue weighted by Gasteiger charge is 2.26. The molecule has 0 radical (unpaired) electrons. The lowest BCUT2D eigenvalue weighted by Gasteiger charge is -2.25. The summed E-state index contributed by atoms with van der Waals surface area (Å²) in [6, 6.07) is 13.3. The number of H-pyrrole nitrogens is 1. The average Bonchev–Trinajstić information content (AvgIpc) is 3.32. The van der Waals surface area contributed by atoms with Crippen molar-refractivity contribution in [2.75, 3.05) is 26.2 Å². The van der Waals surface area contributed by atoms with E-state index >= 15 is 0 Å². The third kappa shape index (κ3) is 7.65. The van der Waals surface area contributed by atoms with Crippen molar-refractivity contribution < 1.29 is 19.2 Å². The van der Waals surface area contributed by atoms with E-state index in [4.69, 9.17) is 0 Å². The molecule has 3 aromatic rings. The largest absolute Gasteiger partial charge is 0.354 e. The van der Waals surface area contributed by atoms with Crippen LogP contribution in [0.1, 0.15) is 66.7 Å². The smallest absolute Gasteiger partial charge is 0.326 e. The van der Waals surface area contributed by atoms with Crippen molar-refractivity contribution in [1.29, 1.82) is 0 Å². The molecule has 224 valence electrons. The number of nitrogens with zero attached hydrogens (tertiary/aromatic N) is 2. The Labute approximate surface area is 245 Å². The Morgan fingerprint density at radius 3 is 2.40 bits per heavy atom. The van der Waals surface area contributed by atoms with Crippen LogP contribution in [0.15, 0.2) is 53.3 Å². The van der Waals surface area contributed by atoms with Gasteiger partial charge < -0.3 is 25.8 Å². The Morgan fingerprint density at radius 2 is 1.64 bits per heavy atom. The highest BCUT2D eigenvalue weighted by molar-refractivity contribution is 5.97. The van der Waals surface area contributed by atoms with Gasteiger partial charge >= 0.3 is 5.69 Å². The van der Waals surface area contributed by atoms with Crippen molar-refractivity contribution in [3.8, 4) is 0 Å². The Kier molecular flexibility index (Phi) is 10.5. The maximum atomic E-state index is 13.3. The highest BCUT2D eigenvalue weighted by atomic mass is 16.2. The van der Waals surface area contributed by atoms with Gasteiger partial charge in [-0.15, -0.1) is 0 Å². The Bertz CT molecular complexity index is 1460. The molecule has 1 aromatic heterocycles. The van der Waals surface area contributed by atoms with Crippen LogP contribution < -0.4 is 21.6 Å². The van der Waals surface area contributed by atoms with Gasteiger partial charge in [-0.25, -0.2) is 4.79 Å². The molecule has 0 saturated heterocycles. The Hall–Kier alpha value is -4.41. The summed E-state index contributed by atoms with van der Waals surface area (Å²) in [4.78, 5) is 69.2. The fraction of sp³-hybridized carbons (Fsp3) is 0.452. The number of rotatable bonds is 3. The Morgan fingerprint density at radius 1 is 0.929 bits per heavy atom. The SMILES string of the molecule is CC[C@H](C)[C@@H]1NC(=O)CCCN(C(=O)c2ccccc2)CCCNC(=O)c2ccc3[nH]c(=O)n(c3c2)CCCNC1=O. The number of fused-ring (bicyclic) bond motifs is 1. The van der Waals surface area contributed by atoms with E-state index in [1.807, 2.05) is 19.9 Å². The summed E-state index contributed by atoms with van der Waals surface area (Å²) < 4.78 is 1.56. The van der Waals surface area contributed by atoms with E-state index < -0.39 is 6.04 Å². The molecule has 0 aliphatic carbocycles. The number of aromatic amines is 1. The van der Waals surface area contributed by atoms with Gasteiger partial charge in [-0.3, -0.25) is 23.7 Å². The second-order valence-electron chi connectivity index (χ2n) is 10.8. The number of carbonyl (C=O) groups is 4. The van der Waals surface area contributed by atoms with Crippen molar-refractivity contribution in [2.24, 2.45) is 5.92 Å². The predicted octanol–water partition coefficient (Wildman–Crippen LogP) is 2.42. The molecule has 0 spiro atoms. The van der Waals surface area contributed by atoms with Crippen LogP contribution in [0.4, 0.5) is 0 Å². The molecular formula is C31H40N6O5. The first kappa shape index (κ1) is 30.5. The molecule has 4 N–H and O–H groups in total. The molecule has 1 aliphatic heterocycles. The molecule has 11 nitrogen and oxygen atoms in total. The molecule has 11 heteroatoms. The third-order valence-electron chi connectivity index (χ3n) is 7.74. The van der Waals surface area contributed by atoms with E-state index in [1.165, 1.54) is 0 Å². The topological polar surface area (TPSA) is 145 Å². The molecule has 4 rings (SSSR count). The lowest BCUT2D eigenvalue weighted by atomic mass is 9.98. The second-order valence-corrected chi connectivity index (χ2v) is 10.8. The van der Waals surface area contributed by atoms with Crippen LogP contribution in [-0.4, -0.2) is 70.3 Å². The van der Waals surface area contributed by atoms with E-state index in [9.17, 15) is 24.0 Å². The highest BCUT2D eigenvalue weighted by Crippen LogP contribution is 2.15. The molecule has 2 heterocycles. The molecule has 0 saturated carbocycles. The first-order valence-electron chi connectivity index (χ1n) is 14.7. The lowest BCUT2D eigenvalue weighted by Crippen LogP contribution is -2.50. The van der Waals surface area contributed by atoms with Crippen molar-refractivity contribution in [1.82, 2.24) is 30.4 Å². The van der Waals surface area contributed by atoms with Crippen molar-refractivity contribution in [2.45, 2.75) is 58.5 Å². The molecule has 0 fully saturated rings. The van der Waals surface area contributed by atoms with E-state index in [-0.39, 0.29) is 41.7 Å². The van der Waals surface area contributed by atoms with Gasteiger partial charge in [-0.1, -0.05) is 38.5 Å². The van der Waals surface area contributed by atoms with Gasteiger partial charge in [0.2, 0.25) is 11.8 Å². The Balaban J connectivity index is 1.55. The second kappa shape index (κ2) is 14.5. The summed E-state index contributed by atoms with van der Waals surface area (Å²) in [7, 11) is 0. The maximum Gasteiger partial charge on any atom is 0.326 e. The van der Waals surface area contributed by atoms with Gasteiger partial charge in [0.25, 0.3) is 11.8 Å². The van der Waals surface area contributed by atoms with Crippen LogP contribution in [0, 0.1) is 5.92 Å². The van der Waals surface area contributed by atoms with Gasteiger partial charge in [0.1, 0.15) is 6.04 Å². The van der Waals surface area contributed by atoms with E-state index in [0.29, 0.717) is 80.6 Å². The monoisotopic (exact) mass is 576 g/mol. The predicted molar refractivity (Wildman–Crippen MR) is 160 cm³/mol. The number of aromatic nitrogens is 2. The molecule has 1 aliphatic rings. The minimum absolute atomic E-state index is 0.0774. The van der Waals surface area contributed by atoms with Gasteiger partial charge in [-0.2, -0.15) is 0 Å². The molecule has 2 atom stereocenters. The van der Waals surface area contributed by atoms with E-state index in [2.05, 4.69) is 20.9 Å². The van der Waals surface area contributed by atoms with Gasteiger partial charge in [0, 0.05) is 50.3 Å². The summed E-state index contributed by atoms with van der Waals surface area (Å²) in [5.74, 6) is -1.01. The normalized spacial score (nSPS) is 19.0. The molecule has 2 aromatic carbocycles. The minimum Gasteiger partial charge on any atom is -0.354 e. The van der Waals surface area contributed by atoms with Crippen LogP contribution in [0.2, 0.25) is 0 Å². The van der Waals surface area contributed by atoms with Crippen LogP contribution in [0.3, 0.4) is 0 Å². The first-order chi connectivity index (χ1) is 20.3. The fourth-order valence-corrected chi connectivity index (χ4v) is 5.10. The number of benzene rings is 2. The summed E-state index contributed by atoms with van der Waals surface area (Å²) in [6.07, 6.45) is 2.30. The zero-order chi connectivity index (χ0) is 30.1. The van der Waals surface area contributed by atoms with E-state index in [0.717, 1.165) is 0 Å². The number of imidazole rings is 1. The summed E-state index contributed by atoms with van der Waals surface area (Å²) in [6.45, 7) is 5.65. The fourth-order valence-electron chi connectivity index (χ4n) is 5.10. The number of hydrogen-bond donors (Lipinski definition) is 4. The van der Waals surface area contributed by atoms with Crippen LogP contribution in [0.25, 0.3) is 11.0 Å². The van der Waals surface area contributed by atoms with E-state index in [1.54, 1.807) is 51.9 Å². The number of nitrogens with one attached hydrogen (secondary N) is 4. The minimum atomic E-state index is -0.686. The van der Waals surface area contributed by atoms with Crippen molar-refractivity contribution in [3.05, 3.63) is 70.1 Å². The standard InChI is InChI=1S/C31H40N6O5/c1-3-21(2)27-29(40)33-16-9-19-37-25-20-23(13-14-24(25)34-31(37)42)28(39)32-15-8-18-36(17-7-12-26(38)35-27)30(41)22-10-5-4-6-11-22/h4-6,10-11,13-14,20-21,27H,3,7-9,12,15-19H2,1-2H3,(H,32,39)(H,33,40)(H,34,42)(H,35,38)/t21-,27-/m0/s1. The number of amides is 4. The maximum absolute atomic E-state index is 13.3. The van der Waals surface area contributed by atoms with Crippen molar-refractivity contribution in [3.63, 3.8) is 0 Å². The zero-order valence-corrected chi connectivity index (χ0v) is 24.3. The number of hydrogen-bond acceptors (Lipinski definition) is 5. The number of carbonyl (C=O) groups excluding carboxylic acids is 4. The summed E-state index contributed by atoms with van der Waals surface area (Å²) >= 11 is 0. The average molecular weight is 577 g/mol. The van der Waals surface area contributed by atoms with Gasteiger partial charge in [0.15, 0.2) is 0 Å². The van der Waals surface area contributed by atoms with Gasteiger partial charge in [-0.05, 0) is 55.5 Å². The number of aryl methyl sites for hydroxylation is 1. The van der Waals surface area contributed by atoms with Gasteiger partial charge in [0.05, 0.1) is 11.0 Å². The molecule has 2 bridgehead atoms.